The van der Waals surface area contributed by atoms with E-state index in [-0.39, 0.29) is 5.97 Å². The summed E-state index contributed by atoms with van der Waals surface area (Å²) in [5.41, 5.74) is 0.741. The van der Waals surface area contributed by atoms with Crippen LogP contribution in [0.2, 0.25) is 0 Å². The molecule has 0 saturated heterocycles. The van der Waals surface area contributed by atoms with Crippen molar-refractivity contribution in [2.45, 2.75) is 20.3 Å². The fraction of sp³-hybridized carbons (Fsp3) is 0.600. The summed E-state index contributed by atoms with van der Waals surface area (Å²) < 4.78 is 4.68. The Labute approximate surface area is 93.9 Å². The number of nitrogens with zero attached hydrogens (tertiary/aromatic N) is 2. The van der Waals surface area contributed by atoms with Gasteiger partial charge in [-0.3, -0.25) is 0 Å². The SMILES string of the molecule is CCCN(C)c1nc(C)c(C(=O)OC)s1. The summed E-state index contributed by atoms with van der Waals surface area (Å²) in [7, 11) is 3.36. The van der Waals surface area contributed by atoms with Gasteiger partial charge in [0.2, 0.25) is 0 Å². The van der Waals surface area contributed by atoms with E-state index in [4.69, 9.17) is 0 Å². The van der Waals surface area contributed by atoms with Crippen LogP contribution in [-0.4, -0.2) is 31.7 Å². The molecule has 0 N–H and O–H groups in total. The zero-order valence-electron chi connectivity index (χ0n) is 9.53. The molecule has 0 amide bonds. The average molecular weight is 228 g/mol. The Balaban J connectivity index is 2.90. The Bertz CT molecular complexity index is 349. The zero-order valence-corrected chi connectivity index (χ0v) is 10.3. The first-order valence-electron chi connectivity index (χ1n) is 4.87. The Morgan fingerprint density at radius 2 is 2.27 bits per heavy atom. The van der Waals surface area contributed by atoms with E-state index in [2.05, 4.69) is 16.6 Å². The lowest BCUT2D eigenvalue weighted by Gasteiger charge is -2.13. The van der Waals surface area contributed by atoms with Crippen molar-refractivity contribution in [2.75, 3.05) is 25.6 Å². The molecule has 4 nitrogen and oxygen atoms in total. The Hall–Kier alpha value is -1.10. The van der Waals surface area contributed by atoms with Crippen molar-refractivity contribution in [1.82, 2.24) is 4.98 Å². The number of methoxy groups -OCH3 is 1. The molecule has 0 radical (unpaired) electrons. The minimum absolute atomic E-state index is 0.304. The largest absolute Gasteiger partial charge is 0.465 e. The number of rotatable bonds is 4. The molecule has 1 heterocycles. The van der Waals surface area contributed by atoms with Crippen LogP contribution in [0.5, 0.6) is 0 Å². The first kappa shape index (κ1) is 12.0. The van der Waals surface area contributed by atoms with Crippen molar-refractivity contribution in [3.8, 4) is 0 Å². The lowest BCUT2D eigenvalue weighted by atomic mass is 10.4. The second-order valence-electron chi connectivity index (χ2n) is 3.32. The smallest absolute Gasteiger partial charge is 0.350 e. The van der Waals surface area contributed by atoms with Gasteiger partial charge < -0.3 is 9.64 Å². The van der Waals surface area contributed by atoms with E-state index in [1.807, 2.05) is 18.9 Å². The molecule has 0 spiro atoms. The number of anilines is 1. The number of aromatic nitrogens is 1. The highest BCUT2D eigenvalue weighted by molar-refractivity contribution is 7.17. The summed E-state index contributed by atoms with van der Waals surface area (Å²) in [6.45, 7) is 4.87. The molecular weight excluding hydrogens is 212 g/mol. The van der Waals surface area contributed by atoms with Gasteiger partial charge in [0.05, 0.1) is 12.8 Å². The molecule has 84 valence electrons. The second-order valence-corrected chi connectivity index (χ2v) is 4.30. The Kier molecular flexibility index (Phi) is 4.08. The molecule has 0 saturated carbocycles. The molecule has 0 aromatic carbocycles. The van der Waals surface area contributed by atoms with Crippen LogP contribution in [0.1, 0.15) is 28.7 Å². The number of thiazole rings is 1. The summed E-state index contributed by atoms with van der Waals surface area (Å²) in [6.07, 6.45) is 1.06. The highest BCUT2D eigenvalue weighted by Gasteiger charge is 2.17. The Morgan fingerprint density at radius 3 is 2.80 bits per heavy atom. The number of carbonyl (C=O) groups is 1. The number of hydrogen-bond acceptors (Lipinski definition) is 5. The molecule has 0 aliphatic rings. The van der Waals surface area contributed by atoms with Gasteiger partial charge in [0.1, 0.15) is 4.88 Å². The predicted octanol–water partition coefficient (Wildman–Crippen LogP) is 2.08. The summed E-state index contributed by atoms with van der Waals surface area (Å²) in [4.78, 5) is 18.3. The molecule has 0 fully saturated rings. The Morgan fingerprint density at radius 1 is 1.60 bits per heavy atom. The van der Waals surface area contributed by atoms with Crippen molar-refractivity contribution >= 4 is 22.4 Å². The van der Waals surface area contributed by atoms with Crippen LogP contribution >= 0.6 is 11.3 Å². The molecule has 0 aliphatic carbocycles. The zero-order chi connectivity index (χ0) is 11.4. The quantitative estimate of drug-likeness (QED) is 0.740. The highest BCUT2D eigenvalue weighted by Crippen LogP contribution is 2.25. The van der Waals surface area contributed by atoms with E-state index in [1.54, 1.807) is 0 Å². The van der Waals surface area contributed by atoms with Gasteiger partial charge in [-0.2, -0.15) is 0 Å². The van der Waals surface area contributed by atoms with E-state index in [0.717, 1.165) is 23.8 Å². The molecule has 0 aliphatic heterocycles. The minimum atomic E-state index is -0.304. The van der Waals surface area contributed by atoms with Crippen LogP contribution in [0, 0.1) is 6.92 Å². The van der Waals surface area contributed by atoms with E-state index >= 15 is 0 Å². The molecule has 5 heteroatoms. The van der Waals surface area contributed by atoms with Gasteiger partial charge >= 0.3 is 5.97 Å². The van der Waals surface area contributed by atoms with E-state index < -0.39 is 0 Å². The van der Waals surface area contributed by atoms with Crippen molar-refractivity contribution < 1.29 is 9.53 Å². The number of aryl methyl sites for hydroxylation is 1. The van der Waals surface area contributed by atoms with Crippen LogP contribution in [0.3, 0.4) is 0 Å². The van der Waals surface area contributed by atoms with Gasteiger partial charge in [0.15, 0.2) is 5.13 Å². The first-order chi connectivity index (χ1) is 7.10. The number of esters is 1. The van der Waals surface area contributed by atoms with Crippen molar-refractivity contribution in [2.24, 2.45) is 0 Å². The lowest BCUT2D eigenvalue weighted by Crippen LogP contribution is -2.17. The first-order valence-corrected chi connectivity index (χ1v) is 5.68. The molecule has 1 rings (SSSR count). The summed E-state index contributed by atoms with van der Waals surface area (Å²) in [5.74, 6) is -0.304. The van der Waals surface area contributed by atoms with Gasteiger partial charge in [-0.25, -0.2) is 9.78 Å². The number of hydrogen-bond donors (Lipinski definition) is 0. The number of ether oxygens (including phenoxy) is 1. The van der Waals surface area contributed by atoms with E-state index in [9.17, 15) is 4.79 Å². The maximum absolute atomic E-state index is 11.4. The monoisotopic (exact) mass is 228 g/mol. The minimum Gasteiger partial charge on any atom is -0.465 e. The van der Waals surface area contributed by atoms with Gasteiger partial charge in [-0.15, -0.1) is 0 Å². The summed E-state index contributed by atoms with van der Waals surface area (Å²) in [5, 5.41) is 0.870. The average Bonchev–Trinajstić information content (AvgIpc) is 2.60. The normalized spacial score (nSPS) is 10.1. The van der Waals surface area contributed by atoms with Crippen LogP contribution in [0.15, 0.2) is 0 Å². The van der Waals surface area contributed by atoms with Crippen LogP contribution in [0.25, 0.3) is 0 Å². The van der Waals surface area contributed by atoms with E-state index in [0.29, 0.717) is 4.88 Å². The standard InChI is InChI=1S/C10H16N2O2S/c1-5-6-12(3)10-11-7(2)8(15-10)9(13)14-4/h5-6H2,1-4H3. The number of carbonyl (C=O) groups excluding carboxylic acids is 1. The van der Waals surface area contributed by atoms with Gasteiger partial charge in [-0.1, -0.05) is 18.3 Å². The maximum atomic E-state index is 11.4. The molecule has 15 heavy (non-hydrogen) atoms. The van der Waals surface area contributed by atoms with Crippen molar-refractivity contribution in [3.63, 3.8) is 0 Å². The third-order valence-electron chi connectivity index (χ3n) is 2.04. The molecule has 0 unspecified atom stereocenters. The van der Waals surface area contributed by atoms with Crippen LogP contribution in [-0.2, 0) is 4.74 Å². The highest BCUT2D eigenvalue weighted by atomic mass is 32.1. The fourth-order valence-corrected chi connectivity index (χ4v) is 2.23. The predicted molar refractivity (Wildman–Crippen MR) is 61.8 cm³/mol. The second kappa shape index (κ2) is 5.11. The van der Waals surface area contributed by atoms with Crippen LogP contribution in [0.4, 0.5) is 5.13 Å². The molecule has 1 aromatic rings. The third-order valence-corrected chi connectivity index (χ3v) is 3.29. The van der Waals surface area contributed by atoms with Crippen LogP contribution < -0.4 is 4.90 Å². The fourth-order valence-electron chi connectivity index (χ4n) is 1.26. The molecule has 0 bridgehead atoms. The lowest BCUT2D eigenvalue weighted by molar-refractivity contribution is 0.0605. The molecule has 1 aromatic heterocycles. The van der Waals surface area contributed by atoms with Crippen molar-refractivity contribution in [3.05, 3.63) is 10.6 Å². The van der Waals surface area contributed by atoms with Gasteiger partial charge in [0.25, 0.3) is 0 Å². The summed E-state index contributed by atoms with van der Waals surface area (Å²) in [6, 6.07) is 0. The van der Waals surface area contributed by atoms with E-state index in [1.165, 1.54) is 18.4 Å². The maximum Gasteiger partial charge on any atom is 0.350 e. The molecular formula is C10H16N2O2S. The van der Waals surface area contributed by atoms with Gasteiger partial charge in [0, 0.05) is 13.6 Å². The molecule has 0 atom stereocenters. The third kappa shape index (κ3) is 2.68. The topological polar surface area (TPSA) is 42.4 Å². The van der Waals surface area contributed by atoms with Gasteiger partial charge in [-0.05, 0) is 13.3 Å². The summed E-state index contributed by atoms with van der Waals surface area (Å²) >= 11 is 1.38. The van der Waals surface area contributed by atoms with Crippen molar-refractivity contribution in [1.29, 1.82) is 0 Å².